The number of hydrogen-bond acceptors (Lipinski definition) is 4. The average Bonchev–Trinajstić information content (AvgIpc) is 3.24. The molecule has 0 bridgehead atoms. The fraction of sp³-hybridized carbons (Fsp3) is 0.368. The van der Waals surface area contributed by atoms with Crippen LogP contribution in [0, 0.1) is 19.8 Å². The Morgan fingerprint density at radius 1 is 1.36 bits per heavy atom. The lowest BCUT2D eigenvalue weighted by Gasteiger charge is -2.18. The van der Waals surface area contributed by atoms with Crippen LogP contribution in [-0.4, -0.2) is 30.0 Å². The van der Waals surface area contributed by atoms with Crippen LogP contribution < -0.4 is 10.2 Å². The van der Waals surface area contributed by atoms with E-state index in [9.17, 15) is 14.7 Å². The highest BCUT2D eigenvalue weighted by Crippen LogP contribution is 2.27. The van der Waals surface area contributed by atoms with Gasteiger partial charge in [-0.15, -0.1) is 11.3 Å². The first-order valence-electron chi connectivity index (χ1n) is 8.32. The Bertz CT molecular complexity index is 773. The number of carbonyl (C=O) groups is 2. The summed E-state index contributed by atoms with van der Waals surface area (Å²) in [4.78, 5) is 27.2. The van der Waals surface area contributed by atoms with Gasteiger partial charge in [-0.1, -0.05) is 12.1 Å². The normalized spacial score (nSPS) is 18.4. The first-order chi connectivity index (χ1) is 12.0. The molecule has 0 saturated carbocycles. The van der Waals surface area contributed by atoms with Crippen molar-refractivity contribution >= 4 is 28.8 Å². The standard InChI is InChI=1S/C19H22N2O3S/c1-12-5-6-15(8-13(12)2)21-11-14(9-18(21)23)19(24)20-10-16(22)17-4-3-7-25-17/h3-8,14,16,22H,9-11H2,1-2H3,(H,20,24)/t14-,16-/m0/s1. The number of anilines is 1. The van der Waals surface area contributed by atoms with Gasteiger partial charge in [-0.05, 0) is 48.6 Å². The third kappa shape index (κ3) is 3.91. The molecule has 1 aliphatic rings. The van der Waals surface area contributed by atoms with E-state index in [2.05, 4.69) is 5.32 Å². The number of hydrogen-bond donors (Lipinski definition) is 2. The average molecular weight is 358 g/mol. The monoisotopic (exact) mass is 358 g/mol. The highest BCUT2D eigenvalue weighted by atomic mass is 32.1. The van der Waals surface area contributed by atoms with Crippen LogP contribution >= 0.6 is 11.3 Å². The lowest BCUT2D eigenvalue weighted by atomic mass is 10.1. The van der Waals surface area contributed by atoms with Crippen LogP contribution in [0.1, 0.15) is 28.5 Å². The quantitative estimate of drug-likeness (QED) is 0.863. The molecule has 1 fully saturated rings. The Morgan fingerprint density at radius 2 is 2.16 bits per heavy atom. The number of nitrogens with zero attached hydrogens (tertiary/aromatic N) is 1. The maximum atomic E-state index is 12.4. The topological polar surface area (TPSA) is 69.6 Å². The lowest BCUT2D eigenvalue weighted by Crippen LogP contribution is -2.35. The van der Waals surface area contributed by atoms with Crippen molar-refractivity contribution in [1.29, 1.82) is 0 Å². The summed E-state index contributed by atoms with van der Waals surface area (Å²) in [6, 6.07) is 9.59. The van der Waals surface area contributed by atoms with Gasteiger partial charge in [0.2, 0.25) is 11.8 Å². The Labute approximate surface area is 151 Å². The third-order valence-electron chi connectivity index (χ3n) is 4.64. The van der Waals surface area contributed by atoms with Gasteiger partial charge in [0.1, 0.15) is 6.10 Å². The SMILES string of the molecule is Cc1ccc(N2C[C@@H](C(=O)NC[C@H](O)c3cccs3)CC2=O)cc1C. The zero-order chi connectivity index (χ0) is 18.0. The van der Waals surface area contributed by atoms with Crippen LogP contribution in [0.3, 0.4) is 0 Å². The van der Waals surface area contributed by atoms with Crippen molar-refractivity contribution in [3.63, 3.8) is 0 Å². The van der Waals surface area contributed by atoms with Crippen molar-refractivity contribution in [2.75, 3.05) is 18.0 Å². The molecule has 0 spiro atoms. The maximum absolute atomic E-state index is 12.4. The Morgan fingerprint density at radius 3 is 2.84 bits per heavy atom. The zero-order valence-corrected chi connectivity index (χ0v) is 15.2. The third-order valence-corrected chi connectivity index (χ3v) is 5.61. The first-order valence-corrected chi connectivity index (χ1v) is 9.20. The van der Waals surface area contributed by atoms with E-state index in [1.54, 1.807) is 4.90 Å². The van der Waals surface area contributed by atoms with E-state index in [0.29, 0.717) is 6.54 Å². The van der Waals surface area contributed by atoms with E-state index in [1.807, 2.05) is 49.6 Å². The van der Waals surface area contributed by atoms with Gasteiger partial charge in [0.15, 0.2) is 0 Å². The predicted octanol–water partition coefficient (Wildman–Crippen LogP) is 2.57. The molecule has 6 heteroatoms. The summed E-state index contributed by atoms with van der Waals surface area (Å²) in [5, 5.41) is 14.7. The van der Waals surface area contributed by atoms with Crippen molar-refractivity contribution in [3.05, 3.63) is 51.7 Å². The molecule has 1 aliphatic heterocycles. The molecule has 2 atom stereocenters. The molecule has 132 valence electrons. The molecule has 1 aromatic heterocycles. The second-order valence-corrected chi connectivity index (χ2v) is 7.43. The van der Waals surface area contributed by atoms with Gasteiger partial charge in [0.05, 0.1) is 5.92 Å². The van der Waals surface area contributed by atoms with Crippen LogP contribution in [0.5, 0.6) is 0 Å². The minimum absolute atomic E-state index is 0.0396. The minimum atomic E-state index is -0.711. The minimum Gasteiger partial charge on any atom is -0.386 e. The molecular weight excluding hydrogens is 336 g/mol. The van der Waals surface area contributed by atoms with Crippen molar-refractivity contribution in [2.45, 2.75) is 26.4 Å². The van der Waals surface area contributed by atoms with Crippen molar-refractivity contribution < 1.29 is 14.7 Å². The van der Waals surface area contributed by atoms with E-state index in [1.165, 1.54) is 16.9 Å². The second-order valence-electron chi connectivity index (χ2n) is 6.45. The van der Waals surface area contributed by atoms with Crippen molar-refractivity contribution in [2.24, 2.45) is 5.92 Å². The van der Waals surface area contributed by atoms with Gasteiger partial charge in [-0.25, -0.2) is 0 Å². The summed E-state index contributed by atoms with van der Waals surface area (Å²) in [5.74, 6) is -0.609. The number of benzene rings is 1. The number of aliphatic hydroxyl groups is 1. The second kappa shape index (κ2) is 7.37. The molecule has 0 radical (unpaired) electrons. The number of aliphatic hydroxyl groups excluding tert-OH is 1. The van der Waals surface area contributed by atoms with Crippen molar-refractivity contribution in [3.8, 4) is 0 Å². The van der Waals surface area contributed by atoms with E-state index >= 15 is 0 Å². The molecule has 2 N–H and O–H groups in total. The van der Waals surface area contributed by atoms with Crippen LogP contribution in [-0.2, 0) is 9.59 Å². The lowest BCUT2D eigenvalue weighted by molar-refractivity contribution is -0.126. The van der Waals surface area contributed by atoms with Gasteiger partial charge in [-0.3, -0.25) is 9.59 Å². The number of amides is 2. The first kappa shape index (κ1) is 17.6. The molecule has 2 heterocycles. The summed E-state index contributed by atoms with van der Waals surface area (Å²) in [5.41, 5.74) is 3.13. The van der Waals surface area contributed by atoms with Crippen LogP contribution in [0.4, 0.5) is 5.69 Å². The Hall–Kier alpha value is -2.18. The van der Waals surface area contributed by atoms with Crippen molar-refractivity contribution in [1.82, 2.24) is 5.32 Å². The van der Waals surface area contributed by atoms with Crippen LogP contribution in [0.15, 0.2) is 35.7 Å². The molecule has 1 saturated heterocycles. The fourth-order valence-corrected chi connectivity index (χ4v) is 3.66. The molecule has 1 aromatic carbocycles. The molecule has 5 nitrogen and oxygen atoms in total. The van der Waals surface area contributed by atoms with E-state index < -0.39 is 6.10 Å². The highest BCUT2D eigenvalue weighted by Gasteiger charge is 2.35. The number of aryl methyl sites for hydroxylation is 2. The summed E-state index contributed by atoms with van der Waals surface area (Å²) in [6.45, 7) is 4.57. The van der Waals surface area contributed by atoms with Crippen LogP contribution in [0.2, 0.25) is 0 Å². The van der Waals surface area contributed by atoms with Gasteiger partial charge in [-0.2, -0.15) is 0 Å². The maximum Gasteiger partial charge on any atom is 0.227 e. The predicted molar refractivity (Wildman–Crippen MR) is 98.7 cm³/mol. The molecule has 0 aliphatic carbocycles. The highest BCUT2D eigenvalue weighted by molar-refractivity contribution is 7.10. The molecular formula is C19H22N2O3S. The smallest absolute Gasteiger partial charge is 0.227 e. The molecule has 25 heavy (non-hydrogen) atoms. The zero-order valence-electron chi connectivity index (χ0n) is 14.4. The molecule has 3 rings (SSSR count). The Balaban J connectivity index is 1.59. The number of rotatable bonds is 5. The number of nitrogens with one attached hydrogen (secondary N) is 1. The summed E-state index contributed by atoms with van der Waals surface area (Å²) >= 11 is 1.45. The summed E-state index contributed by atoms with van der Waals surface area (Å²) in [6.07, 6.45) is -0.509. The summed E-state index contributed by atoms with van der Waals surface area (Å²) < 4.78 is 0. The van der Waals surface area contributed by atoms with Gasteiger partial charge in [0, 0.05) is 30.1 Å². The molecule has 0 unspecified atom stereocenters. The largest absolute Gasteiger partial charge is 0.386 e. The fourth-order valence-electron chi connectivity index (χ4n) is 2.95. The van der Waals surface area contributed by atoms with E-state index in [0.717, 1.165) is 16.1 Å². The van der Waals surface area contributed by atoms with Gasteiger partial charge >= 0.3 is 0 Å². The molecule has 2 aromatic rings. The van der Waals surface area contributed by atoms with E-state index in [-0.39, 0.29) is 30.7 Å². The summed E-state index contributed by atoms with van der Waals surface area (Å²) in [7, 11) is 0. The van der Waals surface area contributed by atoms with Crippen LogP contribution in [0.25, 0.3) is 0 Å². The Kier molecular flexibility index (Phi) is 5.20. The number of thiophene rings is 1. The van der Waals surface area contributed by atoms with Gasteiger partial charge < -0.3 is 15.3 Å². The molecule has 2 amide bonds. The number of carbonyl (C=O) groups excluding carboxylic acids is 2. The van der Waals surface area contributed by atoms with E-state index in [4.69, 9.17) is 0 Å². The van der Waals surface area contributed by atoms with Gasteiger partial charge in [0.25, 0.3) is 0 Å².